The molecule has 0 spiro atoms. The average molecular weight is 401 g/mol. The van der Waals surface area contributed by atoms with Gasteiger partial charge in [-0.25, -0.2) is 8.42 Å². The van der Waals surface area contributed by atoms with Gasteiger partial charge in [0.15, 0.2) is 0 Å². The third-order valence-corrected chi connectivity index (χ3v) is 7.42. The second kappa shape index (κ2) is 7.22. The Kier molecular flexibility index (Phi) is 4.89. The van der Waals surface area contributed by atoms with Crippen LogP contribution in [-0.4, -0.2) is 44.9 Å². The first-order chi connectivity index (χ1) is 13.4. The number of sulfonamides is 1. The first kappa shape index (κ1) is 19.0. The second-order valence-electron chi connectivity index (χ2n) is 7.33. The molecule has 2 aliphatic rings. The summed E-state index contributed by atoms with van der Waals surface area (Å²) in [7, 11) is -2.12. The molecule has 0 saturated carbocycles. The van der Waals surface area contributed by atoms with E-state index in [0.717, 1.165) is 30.5 Å². The Balaban J connectivity index is 1.76. The van der Waals surface area contributed by atoms with Gasteiger partial charge in [-0.1, -0.05) is 18.2 Å². The minimum Gasteiger partial charge on any atom is -0.496 e. The maximum Gasteiger partial charge on any atom is 0.262 e. The number of nitrogens with zero attached hydrogens (tertiary/aromatic N) is 2. The summed E-state index contributed by atoms with van der Waals surface area (Å²) >= 11 is 0. The van der Waals surface area contributed by atoms with E-state index < -0.39 is 10.0 Å². The molecule has 0 aliphatic carbocycles. The van der Waals surface area contributed by atoms with Gasteiger partial charge in [0, 0.05) is 24.8 Å². The Hall–Kier alpha value is -2.38. The van der Waals surface area contributed by atoms with Gasteiger partial charge in [-0.3, -0.25) is 4.79 Å². The number of hydrogen-bond donors (Lipinski definition) is 0. The molecule has 2 aliphatic heterocycles. The van der Waals surface area contributed by atoms with Crippen molar-refractivity contribution in [1.29, 1.82) is 0 Å². The molecular formula is C21H24N2O4S. The molecule has 0 bridgehead atoms. The van der Waals surface area contributed by atoms with Crippen molar-refractivity contribution in [3.05, 3.63) is 53.6 Å². The standard InChI is InChI=1S/C21H24N2O4S/c1-15-13-16-7-3-4-8-19(16)23(15)21(24)18-14-17(9-10-20(18)27-2)28(25,26)22-11-5-6-12-22/h3-4,7-10,14-15H,5-6,11-13H2,1-2H3/t15-/m0/s1. The van der Waals surface area contributed by atoms with Gasteiger partial charge >= 0.3 is 0 Å². The average Bonchev–Trinajstić information content (AvgIpc) is 3.34. The van der Waals surface area contributed by atoms with Gasteiger partial charge in [-0.15, -0.1) is 0 Å². The molecule has 1 saturated heterocycles. The molecule has 0 radical (unpaired) electrons. The molecule has 1 fully saturated rings. The zero-order chi connectivity index (χ0) is 19.9. The molecular weight excluding hydrogens is 376 g/mol. The van der Waals surface area contributed by atoms with Gasteiger partial charge in [-0.2, -0.15) is 4.31 Å². The highest BCUT2D eigenvalue weighted by atomic mass is 32.2. The molecule has 0 N–H and O–H groups in total. The Bertz CT molecular complexity index is 1010. The molecule has 1 amide bonds. The van der Waals surface area contributed by atoms with Crippen molar-refractivity contribution < 1.29 is 17.9 Å². The Morgan fingerprint density at radius 1 is 1.11 bits per heavy atom. The maximum atomic E-state index is 13.4. The lowest BCUT2D eigenvalue weighted by Crippen LogP contribution is -2.36. The number of hydrogen-bond acceptors (Lipinski definition) is 4. The summed E-state index contributed by atoms with van der Waals surface area (Å²) in [5.41, 5.74) is 2.25. The van der Waals surface area contributed by atoms with Crippen LogP contribution in [0.2, 0.25) is 0 Å². The van der Waals surface area contributed by atoms with E-state index in [0.29, 0.717) is 18.8 Å². The molecule has 2 heterocycles. The van der Waals surface area contributed by atoms with Crippen LogP contribution >= 0.6 is 0 Å². The predicted octanol–water partition coefficient (Wildman–Crippen LogP) is 3.07. The second-order valence-corrected chi connectivity index (χ2v) is 9.27. The lowest BCUT2D eigenvalue weighted by atomic mass is 10.1. The number of rotatable bonds is 4. The molecule has 4 rings (SSSR count). The van der Waals surface area contributed by atoms with Crippen molar-refractivity contribution in [3.63, 3.8) is 0 Å². The van der Waals surface area contributed by atoms with E-state index in [1.807, 2.05) is 31.2 Å². The normalized spacial score (nSPS) is 19.6. The number of fused-ring (bicyclic) bond motifs is 1. The highest BCUT2D eigenvalue weighted by Crippen LogP contribution is 2.35. The fourth-order valence-corrected chi connectivity index (χ4v) is 5.64. The van der Waals surface area contributed by atoms with Gasteiger partial charge in [-0.05, 0) is 56.0 Å². The quantitative estimate of drug-likeness (QED) is 0.791. The van der Waals surface area contributed by atoms with E-state index in [9.17, 15) is 13.2 Å². The SMILES string of the molecule is COc1ccc(S(=O)(=O)N2CCCC2)cc1C(=O)N1c2ccccc2C[C@@H]1C. The Morgan fingerprint density at radius 3 is 2.54 bits per heavy atom. The summed E-state index contributed by atoms with van der Waals surface area (Å²) < 4.78 is 32.8. The van der Waals surface area contributed by atoms with Crippen molar-refractivity contribution in [2.45, 2.75) is 37.1 Å². The van der Waals surface area contributed by atoms with Crippen LogP contribution in [0.25, 0.3) is 0 Å². The highest BCUT2D eigenvalue weighted by Gasteiger charge is 2.34. The summed E-state index contributed by atoms with van der Waals surface area (Å²) in [6.45, 7) is 3.04. The smallest absolute Gasteiger partial charge is 0.262 e. The molecule has 6 nitrogen and oxygen atoms in total. The monoisotopic (exact) mass is 400 g/mol. The Morgan fingerprint density at radius 2 is 1.82 bits per heavy atom. The summed E-state index contributed by atoms with van der Waals surface area (Å²) in [5, 5.41) is 0. The molecule has 0 unspecified atom stereocenters. The summed E-state index contributed by atoms with van der Waals surface area (Å²) in [6, 6.07) is 12.4. The minimum absolute atomic E-state index is 0.00606. The van der Waals surface area contributed by atoms with E-state index in [4.69, 9.17) is 4.74 Å². The van der Waals surface area contributed by atoms with Crippen molar-refractivity contribution in [2.24, 2.45) is 0 Å². The molecule has 0 aromatic heterocycles. The maximum absolute atomic E-state index is 13.4. The van der Waals surface area contributed by atoms with Gasteiger partial charge in [0.05, 0.1) is 17.6 Å². The topological polar surface area (TPSA) is 66.9 Å². The van der Waals surface area contributed by atoms with Crippen LogP contribution in [0.15, 0.2) is 47.4 Å². The van der Waals surface area contributed by atoms with Crippen molar-refractivity contribution >= 4 is 21.6 Å². The van der Waals surface area contributed by atoms with Crippen LogP contribution in [0.1, 0.15) is 35.7 Å². The Labute approximate surface area is 165 Å². The molecule has 148 valence electrons. The van der Waals surface area contributed by atoms with E-state index in [2.05, 4.69) is 0 Å². The van der Waals surface area contributed by atoms with Crippen molar-refractivity contribution in [2.75, 3.05) is 25.1 Å². The van der Waals surface area contributed by atoms with Gasteiger partial charge in [0.2, 0.25) is 10.0 Å². The first-order valence-electron chi connectivity index (χ1n) is 9.53. The zero-order valence-corrected chi connectivity index (χ0v) is 16.9. The lowest BCUT2D eigenvalue weighted by Gasteiger charge is -2.24. The number of ether oxygens (including phenoxy) is 1. The van der Waals surface area contributed by atoms with Crippen LogP contribution in [0.5, 0.6) is 5.75 Å². The van der Waals surface area contributed by atoms with Crippen LogP contribution < -0.4 is 9.64 Å². The number of anilines is 1. The van der Waals surface area contributed by atoms with Crippen LogP contribution in [-0.2, 0) is 16.4 Å². The number of carbonyl (C=O) groups excluding carboxylic acids is 1. The van der Waals surface area contributed by atoms with E-state index in [1.54, 1.807) is 11.0 Å². The van der Waals surface area contributed by atoms with E-state index in [-0.39, 0.29) is 22.4 Å². The number of para-hydroxylation sites is 1. The van der Waals surface area contributed by atoms with Crippen LogP contribution in [0.3, 0.4) is 0 Å². The molecule has 28 heavy (non-hydrogen) atoms. The number of benzene rings is 2. The van der Waals surface area contributed by atoms with Gasteiger partial charge in [0.25, 0.3) is 5.91 Å². The molecule has 2 aromatic carbocycles. The van der Waals surface area contributed by atoms with Crippen molar-refractivity contribution in [1.82, 2.24) is 4.31 Å². The molecule has 2 aromatic rings. The van der Waals surface area contributed by atoms with E-state index >= 15 is 0 Å². The van der Waals surface area contributed by atoms with Gasteiger partial charge < -0.3 is 9.64 Å². The zero-order valence-electron chi connectivity index (χ0n) is 16.1. The van der Waals surface area contributed by atoms with Crippen LogP contribution in [0, 0.1) is 0 Å². The molecule has 7 heteroatoms. The third-order valence-electron chi connectivity index (χ3n) is 5.53. The van der Waals surface area contributed by atoms with E-state index in [1.165, 1.54) is 23.5 Å². The fourth-order valence-electron chi connectivity index (χ4n) is 4.10. The minimum atomic E-state index is -3.61. The number of methoxy groups -OCH3 is 1. The predicted molar refractivity (Wildman–Crippen MR) is 107 cm³/mol. The summed E-state index contributed by atoms with van der Waals surface area (Å²) in [5.74, 6) is 0.134. The largest absolute Gasteiger partial charge is 0.496 e. The summed E-state index contributed by atoms with van der Waals surface area (Å²) in [4.78, 5) is 15.3. The van der Waals surface area contributed by atoms with Crippen LogP contribution in [0.4, 0.5) is 5.69 Å². The first-order valence-corrected chi connectivity index (χ1v) is 11.0. The number of carbonyl (C=O) groups is 1. The van der Waals surface area contributed by atoms with Gasteiger partial charge in [0.1, 0.15) is 5.75 Å². The summed E-state index contributed by atoms with van der Waals surface area (Å²) in [6.07, 6.45) is 2.50. The third kappa shape index (κ3) is 3.08. The van der Waals surface area contributed by atoms with Crippen molar-refractivity contribution in [3.8, 4) is 5.75 Å². The lowest BCUT2D eigenvalue weighted by molar-refractivity contribution is 0.0978. The number of amides is 1. The fraction of sp³-hybridized carbons (Fsp3) is 0.381. The molecule has 1 atom stereocenters. The highest BCUT2D eigenvalue weighted by molar-refractivity contribution is 7.89.